The number of hydrogen-bond acceptors (Lipinski definition) is 8. The molecular formula is C24H33N7O3. The highest BCUT2D eigenvalue weighted by molar-refractivity contribution is 5.96. The molecule has 1 saturated heterocycles. The smallest absolute Gasteiger partial charge is 0.350 e. The van der Waals surface area contributed by atoms with E-state index in [0.29, 0.717) is 35.1 Å². The van der Waals surface area contributed by atoms with Crippen LogP contribution in [0.5, 0.6) is 11.5 Å². The Hall–Kier alpha value is -2.95. The summed E-state index contributed by atoms with van der Waals surface area (Å²) in [6, 6.07) is 5.56. The van der Waals surface area contributed by atoms with Crippen molar-refractivity contribution in [2.75, 3.05) is 44.6 Å². The van der Waals surface area contributed by atoms with Gasteiger partial charge in [-0.25, -0.2) is 4.79 Å². The number of aromatic nitrogens is 2. The van der Waals surface area contributed by atoms with Crippen molar-refractivity contribution in [3.05, 3.63) is 40.4 Å². The highest BCUT2D eigenvalue weighted by Crippen LogP contribution is 2.41. The third-order valence-corrected chi connectivity index (χ3v) is 6.91. The Labute approximate surface area is 198 Å². The SMILES string of the molecule is N[C@H]1CC[C@H](n2cc3c(nc2=O)Nc2cc(C(=O)NCCCN4CCNCC4)ccc2O3)CC1. The van der Waals surface area contributed by atoms with Gasteiger partial charge in [-0.3, -0.25) is 9.36 Å². The monoisotopic (exact) mass is 467 g/mol. The number of carbonyl (C=O) groups excluding carboxylic acids is 1. The molecule has 10 heteroatoms. The van der Waals surface area contributed by atoms with E-state index in [-0.39, 0.29) is 23.7 Å². The van der Waals surface area contributed by atoms with Crippen molar-refractivity contribution in [3.8, 4) is 11.5 Å². The minimum absolute atomic E-state index is 0.0905. The van der Waals surface area contributed by atoms with E-state index in [1.165, 1.54) is 0 Å². The van der Waals surface area contributed by atoms with E-state index in [2.05, 4.69) is 25.8 Å². The molecule has 1 aromatic heterocycles. The molecule has 1 aromatic carbocycles. The molecule has 2 fully saturated rings. The van der Waals surface area contributed by atoms with Gasteiger partial charge >= 0.3 is 5.69 Å². The highest BCUT2D eigenvalue weighted by atomic mass is 16.5. The number of anilines is 2. The predicted molar refractivity (Wildman–Crippen MR) is 130 cm³/mol. The van der Waals surface area contributed by atoms with Crippen molar-refractivity contribution >= 4 is 17.4 Å². The molecule has 5 rings (SSSR count). The molecular weight excluding hydrogens is 434 g/mol. The second-order valence-corrected chi connectivity index (χ2v) is 9.35. The largest absolute Gasteiger partial charge is 0.450 e. The highest BCUT2D eigenvalue weighted by Gasteiger charge is 2.25. The minimum Gasteiger partial charge on any atom is -0.450 e. The second kappa shape index (κ2) is 10.1. The van der Waals surface area contributed by atoms with Gasteiger partial charge in [0.25, 0.3) is 5.91 Å². The number of amides is 1. The zero-order chi connectivity index (χ0) is 23.5. The van der Waals surface area contributed by atoms with Crippen LogP contribution in [-0.4, -0.2) is 65.7 Å². The Balaban J connectivity index is 1.21. The number of hydrogen-bond donors (Lipinski definition) is 4. The van der Waals surface area contributed by atoms with Gasteiger partial charge in [-0.05, 0) is 56.8 Å². The van der Waals surface area contributed by atoms with Crippen molar-refractivity contribution in [2.45, 2.75) is 44.2 Å². The van der Waals surface area contributed by atoms with Crippen LogP contribution in [0.25, 0.3) is 0 Å². The molecule has 10 nitrogen and oxygen atoms in total. The average molecular weight is 468 g/mol. The maximum atomic E-state index is 12.7. The number of piperazine rings is 1. The average Bonchev–Trinajstić information content (AvgIpc) is 2.86. The molecule has 1 saturated carbocycles. The van der Waals surface area contributed by atoms with Crippen molar-refractivity contribution < 1.29 is 9.53 Å². The molecule has 2 aromatic rings. The van der Waals surface area contributed by atoms with Crippen LogP contribution in [0.2, 0.25) is 0 Å². The molecule has 0 atom stereocenters. The summed E-state index contributed by atoms with van der Waals surface area (Å²) in [5, 5.41) is 9.50. The van der Waals surface area contributed by atoms with Gasteiger partial charge < -0.3 is 31.3 Å². The van der Waals surface area contributed by atoms with Crippen LogP contribution >= 0.6 is 0 Å². The van der Waals surface area contributed by atoms with Gasteiger partial charge in [-0.2, -0.15) is 4.98 Å². The second-order valence-electron chi connectivity index (χ2n) is 9.35. The van der Waals surface area contributed by atoms with Crippen LogP contribution in [0.4, 0.5) is 11.5 Å². The van der Waals surface area contributed by atoms with Gasteiger partial charge in [-0.1, -0.05) is 0 Å². The molecule has 182 valence electrons. The Morgan fingerprint density at radius 1 is 1.18 bits per heavy atom. The molecule has 0 radical (unpaired) electrons. The summed E-state index contributed by atoms with van der Waals surface area (Å²) in [6.45, 7) is 5.77. The topological polar surface area (TPSA) is 127 Å². The van der Waals surface area contributed by atoms with Crippen LogP contribution in [-0.2, 0) is 0 Å². The van der Waals surface area contributed by atoms with E-state index >= 15 is 0 Å². The molecule has 1 aliphatic carbocycles. The number of rotatable bonds is 6. The lowest BCUT2D eigenvalue weighted by Gasteiger charge is -2.28. The van der Waals surface area contributed by atoms with E-state index in [1.54, 1.807) is 29.0 Å². The van der Waals surface area contributed by atoms with Crippen molar-refractivity contribution in [2.24, 2.45) is 5.73 Å². The Bertz CT molecular complexity index is 1090. The quantitative estimate of drug-likeness (QED) is 0.403. The van der Waals surface area contributed by atoms with E-state index in [0.717, 1.165) is 64.8 Å². The first-order valence-electron chi connectivity index (χ1n) is 12.3. The van der Waals surface area contributed by atoms with Crippen LogP contribution in [0.15, 0.2) is 29.2 Å². The number of nitrogens with two attached hydrogens (primary N) is 1. The standard InChI is InChI=1S/C24H33N7O3/c25-17-3-5-18(6-4-17)31-15-21-22(29-24(31)33)28-19-14-16(2-7-20(19)34-21)23(32)27-8-1-11-30-12-9-26-10-13-30/h2,7,14-15,17-18,26H,1,3-6,8-13,25H2,(H,27,32)(H,28,29,33)/t17-,18-. The summed E-state index contributed by atoms with van der Waals surface area (Å²) in [5.41, 5.74) is 6.85. The predicted octanol–water partition coefficient (Wildman–Crippen LogP) is 1.56. The molecule has 34 heavy (non-hydrogen) atoms. The molecule has 0 spiro atoms. The lowest BCUT2D eigenvalue weighted by atomic mass is 9.91. The van der Waals surface area contributed by atoms with Crippen molar-refractivity contribution in [1.82, 2.24) is 25.1 Å². The van der Waals surface area contributed by atoms with E-state index in [9.17, 15) is 9.59 Å². The first-order valence-corrected chi connectivity index (χ1v) is 12.3. The third kappa shape index (κ3) is 5.08. The van der Waals surface area contributed by atoms with E-state index in [1.807, 2.05) is 0 Å². The Morgan fingerprint density at radius 2 is 1.97 bits per heavy atom. The third-order valence-electron chi connectivity index (χ3n) is 6.91. The van der Waals surface area contributed by atoms with E-state index in [4.69, 9.17) is 10.5 Å². The van der Waals surface area contributed by atoms with Crippen LogP contribution < -0.4 is 32.1 Å². The summed E-state index contributed by atoms with van der Waals surface area (Å²) >= 11 is 0. The van der Waals surface area contributed by atoms with Gasteiger partial charge in [0, 0.05) is 50.4 Å². The molecule has 1 amide bonds. The number of nitrogens with one attached hydrogen (secondary N) is 3. The fourth-order valence-corrected chi connectivity index (χ4v) is 4.90. The molecule has 5 N–H and O–H groups in total. The van der Waals surface area contributed by atoms with Gasteiger partial charge in [0.05, 0.1) is 11.9 Å². The fraction of sp³-hybridized carbons (Fsp3) is 0.542. The lowest BCUT2D eigenvalue weighted by molar-refractivity contribution is 0.0951. The zero-order valence-corrected chi connectivity index (χ0v) is 19.4. The maximum Gasteiger partial charge on any atom is 0.350 e. The number of carbonyl (C=O) groups is 1. The first kappa shape index (κ1) is 22.8. The van der Waals surface area contributed by atoms with Crippen molar-refractivity contribution in [3.63, 3.8) is 0 Å². The maximum absolute atomic E-state index is 12.7. The number of benzene rings is 1. The normalized spacial score (nSPS) is 22.1. The lowest BCUT2D eigenvalue weighted by Crippen LogP contribution is -2.44. The molecule has 0 unspecified atom stereocenters. The minimum atomic E-state index is -0.308. The number of ether oxygens (including phenoxy) is 1. The summed E-state index contributed by atoms with van der Waals surface area (Å²) in [6.07, 6.45) is 6.17. The number of fused-ring (bicyclic) bond motifs is 2. The van der Waals surface area contributed by atoms with Gasteiger partial charge in [-0.15, -0.1) is 0 Å². The van der Waals surface area contributed by atoms with Crippen LogP contribution in [0.3, 0.4) is 0 Å². The van der Waals surface area contributed by atoms with Gasteiger partial charge in [0.15, 0.2) is 17.3 Å². The van der Waals surface area contributed by atoms with Crippen molar-refractivity contribution in [1.29, 1.82) is 0 Å². The molecule has 3 aliphatic rings. The summed E-state index contributed by atoms with van der Waals surface area (Å²) in [7, 11) is 0. The molecule has 3 heterocycles. The fourth-order valence-electron chi connectivity index (χ4n) is 4.90. The Morgan fingerprint density at radius 3 is 2.76 bits per heavy atom. The van der Waals surface area contributed by atoms with E-state index < -0.39 is 0 Å². The molecule has 0 bridgehead atoms. The van der Waals surface area contributed by atoms with Gasteiger partial charge in [0.2, 0.25) is 0 Å². The van der Waals surface area contributed by atoms with Gasteiger partial charge in [0.1, 0.15) is 0 Å². The first-order chi connectivity index (χ1) is 16.6. The zero-order valence-electron chi connectivity index (χ0n) is 19.4. The molecule has 2 aliphatic heterocycles. The Kier molecular flexibility index (Phi) is 6.80. The van der Waals surface area contributed by atoms with Crippen LogP contribution in [0.1, 0.15) is 48.5 Å². The summed E-state index contributed by atoms with van der Waals surface area (Å²) < 4.78 is 7.70. The van der Waals surface area contributed by atoms with Crippen LogP contribution in [0, 0.1) is 0 Å². The number of nitrogens with zero attached hydrogens (tertiary/aromatic N) is 3. The summed E-state index contributed by atoms with van der Waals surface area (Å²) in [5.74, 6) is 1.34. The summed E-state index contributed by atoms with van der Waals surface area (Å²) in [4.78, 5) is 31.9.